The summed E-state index contributed by atoms with van der Waals surface area (Å²) in [6, 6.07) is 77.4. The van der Waals surface area contributed by atoms with Gasteiger partial charge in [0.25, 0.3) is 0 Å². The number of para-hydroxylation sites is 3. The van der Waals surface area contributed by atoms with E-state index in [0.29, 0.717) is 6.67 Å². The average molecular weight is 1020 g/mol. The first-order chi connectivity index (χ1) is 37.5. The smallest absolute Gasteiger partial charge is 0.137 e. The molecule has 12 aromatic rings. The predicted octanol–water partition coefficient (Wildman–Crippen LogP) is 19.5. The number of benzene rings is 9. The maximum atomic E-state index is 6.98. The summed E-state index contributed by atoms with van der Waals surface area (Å²) < 4.78 is 11.7. The Bertz CT molecular complexity index is 4210. The van der Waals surface area contributed by atoms with E-state index in [1.807, 2.05) is 6.20 Å². The lowest BCUT2D eigenvalue weighted by atomic mass is 9.80. The summed E-state index contributed by atoms with van der Waals surface area (Å²) in [4.78, 5) is 9.98. The summed E-state index contributed by atoms with van der Waals surface area (Å²) in [5.41, 5.74) is 18.6. The molecule has 0 saturated carbocycles. The van der Waals surface area contributed by atoms with Crippen LogP contribution in [0.3, 0.4) is 0 Å². The van der Waals surface area contributed by atoms with E-state index in [9.17, 15) is 0 Å². The van der Waals surface area contributed by atoms with Gasteiger partial charge in [-0.25, -0.2) is 4.98 Å². The highest BCUT2D eigenvalue weighted by Crippen LogP contribution is 2.51. The van der Waals surface area contributed by atoms with Crippen molar-refractivity contribution in [3.8, 4) is 45.3 Å². The molecule has 6 heteroatoms. The van der Waals surface area contributed by atoms with Crippen LogP contribution in [0.5, 0.6) is 11.5 Å². The van der Waals surface area contributed by atoms with E-state index >= 15 is 0 Å². The molecule has 1 aliphatic rings. The summed E-state index contributed by atoms with van der Waals surface area (Å²) in [5, 5.41) is 4.81. The van der Waals surface area contributed by atoms with Gasteiger partial charge in [0.1, 0.15) is 24.0 Å². The predicted molar refractivity (Wildman–Crippen MR) is 328 cm³/mol. The van der Waals surface area contributed by atoms with Crippen LogP contribution in [-0.4, -0.2) is 20.8 Å². The zero-order chi connectivity index (χ0) is 53.7. The molecule has 384 valence electrons. The van der Waals surface area contributed by atoms with Gasteiger partial charge in [0.05, 0.1) is 33.4 Å². The highest BCUT2D eigenvalue weighted by Gasteiger charge is 2.33. The third kappa shape index (κ3) is 8.57. The van der Waals surface area contributed by atoms with E-state index in [4.69, 9.17) is 9.72 Å². The molecule has 0 aliphatic carbocycles. The molecule has 0 unspecified atom stereocenters. The molecule has 0 N–H and O–H groups in total. The molecule has 0 radical (unpaired) electrons. The fraction of sp³-hybridized carbons (Fsp3) is 0.181. The molecule has 0 bridgehead atoms. The Morgan fingerprint density at radius 3 is 1.71 bits per heavy atom. The molecular weight excluding hydrogens is 951 g/mol. The fourth-order valence-corrected chi connectivity index (χ4v) is 11.6. The number of hydrogen-bond acceptors (Lipinski definition) is 4. The monoisotopic (exact) mass is 1020 g/mol. The highest BCUT2D eigenvalue weighted by atomic mass is 16.5. The van der Waals surface area contributed by atoms with Crippen LogP contribution in [0.25, 0.3) is 77.4 Å². The second-order valence-corrected chi connectivity index (χ2v) is 24.2. The van der Waals surface area contributed by atoms with Crippen molar-refractivity contribution >= 4 is 66.4 Å². The zero-order valence-electron chi connectivity index (χ0n) is 46.1. The van der Waals surface area contributed by atoms with Crippen molar-refractivity contribution in [1.29, 1.82) is 0 Å². The minimum Gasteiger partial charge on any atom is -0.457 e. The Labute approximate surface area is 458 Å². The van der Waals surface area contributed by atoms with Gasteiger partial charge in [-0.05, 0) is 141 Å². The molecule has 0 atom stereocenters. The van der Waals surface area contributed by atoms with Crippen molar-refractivity contribution in [2.45, 2.75) is 78.6 Å². The van der Waals surface area contributed by atoms with Gasteiger partial charge in [0, 0.05) is 62.5 Å². The molecule has 3 aromatic heterocycles. The van der Waals surface area contributed by atoms with Crippen molar-refractivity contribution < 1.29 is 4.74 Å². The number of rotatable bonds is 8. The molecule has 0 fully saturated rings. The number of hydrogen-bond donors (Lipinski definition) is 0. The highest BCUT2D eigenvalue weighted by molar-refractivity contribution is 6.11. The average Bonchev–Trinajstić information content (AvgIpc) is 4.34. The minimum atomic E-state index is -0.0600. The summed E-state index contributed by atoms with van der Waals surface area (Å²) in [5.74, 6) is 2.39. The van der Waals surface area contributed by atoms with Gasteiger partial charge < -0.3 is 19.1 Å². The lowest BCUT2D eigenvalue weighted by Gasteiger charge is -2.30. The van der Waals surface area contributed by atoms with Gasteiger partial charge >= 0.3 is 0 Å². The van der Waals surface area contributed by atoms with Crippen LogP contribution in [0.2, 0.25) is 0 Å². The van der Waals surface area contributed by atoms with Gasteiger partial charge in [0.2, 0.25) is 0 Å². The van der Waals surface area contributed by atoms with E-state index in [2.05, 4.69) is 294 Å². The normalized spacial score (nSPS) is 13.1. The molecule has 13 rings (SSSR count). The van der Waals surface area contributed by atoms with Gasteiger partial charge in [0.15, 0.2) is 0 Å². The largest absolute Gasteiger partial charge is 0.457 e. The second kappa shape index (κ2) is 18.4. The topological polar surface area (TPSA) is 38.5 Å². The number of nitrogens with zero attached hydrogens (tertiary/aromatic N) is 5. The fourth-order valence-electron chi connectivity index (χ4n) is 11.6. The third-order valence-corrected chi connectivity index (χ3v) is 15.9. The summed E-state index contributed by atoms with van der Waals surface area (Å²) in [6.07, 6.45) is 1.94. The van der Waals surface area contributed by atoms with E-state index in [1.165, 1.54) is 71.9 Å². The lowest BCUT2D eigenvalue weighted by molar-refractivity contribution is 0.483. The standard InChI is InChI=1S/C72H65N5O/c1-70(2,3)50-36-37-73-68(43-50)77-65-35-32-48(47-20-11-10-12-21-47)39-62(65)61-34-33-57(45-67(61)77)78-56-25-18-23-53(44-56)74-46-75(55-41-51(71(4,5)6)40-52(42-55)72(7,8)9)69-58(28-19-31-66(69)74)49-22-17-24-54(38-49)76-63-29-15-13-26-59(63)60-27-14-16-30-64(60)76/h10-45H,46H2,1-9H3. The van der Waals surface area contributed by atoms with E-state index in [1.54, 1.807) is 0 Å². The SMILES string of the molecule is CC(C)(C)c1cc(N2CN(c3cccc(Oc4ccc5c6cc(-c7ccccc7)ccc6n(-c6cc(C(C)(C)C)ccn6)c5c4)c3)c3cccc(-c4cccc(-n5c6ccccc6c6ccccc65)c4)c32)cc(C(C)(C)C)c1. The van der Waals surface area contributed by atoms with Crippen LogP contribution in [0.4, 0.5) is 22.7 Å². The molecule has 4 heterocycles. The van der Waals surface area contributed by atoms with Crippen LogP contribution in [0.1, 0.15) is 79.0 Å². The summed E-state index contributed by atoms with van der Waals surface area (Å²) in [7, 11) is 0. The summed E-state index contributed by atoms with van der Waals surface area (Å²) in [6.45, 7) is 21.3. The first kappa shape index (κ1) is 48.8. The minimum absolute atomic E-state index is 0.0457. The number of anilines is 4. The van der Waals surface area contributed by atoms with Crippen molar-refractivity contribution in [3.63, 3.8) is 0 Å². The third-order valence-electron chi connectivity index (χ3n) is 15.9. The Morgan fingerprint density at radius 2 is 0.987 bits per heavy atom. The van der Waals surface area contributed by atoms with Gasteiger partial charge in [-0.2, -0.15) is 0 Å². The number of fused-ring (bicyclic) bond motifs is 7. The molecule has 1 aliphatic heterocycles. The lowest BCUT2D eigenvalue weighted by Crippen LogP contribution is -2.25. The molecule has 9 aromatic carbocycles. The van der Waals surface area contributed by atoms with Gasteiger partial charge in [-0.15, -0.1) is 0 Å². The summed E-state index contributed by atoms with van der Waals surface area (Å²) >= 11 is 0. The van der Waals surface area contributed by atoms with Crippen molar-refractivity contribution in [2.75, 3.05) is 16.5 Å². The molecular formula is C72H65N5O. The van der Waals surface area contributed by atoms with Crippen molar-refractivity contribution in [2.24, 2.45) is 0 Å². The first-order valence-electron chi connectivity index (χ1n) is 27.4. The van der Waals surface area contributed by atoms with Crippen LogP contribution in [0.15, 0.2) is 219 Å². The van der Waals surface area contributed by atoms with E-state index in [0.717, 1.165) is 56.4 Å². The van der Waals surface area contributed by atoms with Crippen molar-refractivity contribution in [1.82, 2.24) is 14.1 Å². The van der Waals surface area contributed by atoms with Crippen molar-refractivity contribution in [3.05, 3.63) is 235 Å². The quantitative estimate of drug-likeness (QED) is 0.152. The molecule has 0 amide bonds. The number of pyridine rings is 1. The van der Waals surface area contributed by atoms with Crippen LogP contribution in [-0.2, 0) is 16.2 Å². The Balaban J connectivity index is 0.928. The van der Waals surface area contributed by atoms with Crippen LogP contribution < -0.4 is 14.5 Å². The van der Waals surface area contributed by atoms with Crippen LogP contribution >= 0.6 is 0 Å². The number of aromatic nitrogens is 3. The Morgan fingerprint density at radius 1 is 0.372 bits per heavy atom. The molecule has 78 heavy (non-hydrogen) atoms. The molecule has 6 nitrogen and oxygen atoms in total. The Hall–Kier alpha value is -8.87. The number of ether oxygens (including phenoxy) is 1. The van der Waals surface area contributed by atoms with Gasteiger partial charge in [-0.3, -0.25) is 4.57 Å². The van der Waals surface area contributed by atoms with Gasteiger partial charge in [-0.1, -0.05) is 172 Å². The van der Waals surface area contributed by atoms with Crippen LogP contribution in [0, 0.1) is 0 Å². The Kier molecular flexibility index (Phi) is 11.5. The van der Waals surface area contributed by atoms with E-state index < -0.39 is 0 Å². The second-order valence-electron chi connectivity index (χ2n) is 24.2. The molecule has 0 spiro atoms. The zero-order valence-corrected chi connectivity index (χ0v) is 46.1. The maximum Gasteiger partial charge on any atom is 0.137 e. The maximum absolute atomic E-state index is 6.98. The molecule has 0 saturated heterocycles. The first-order valence-corrected chi connectivity index (χ1v) is 27.4. The van der Waals surface area contributed by atoms with E-state index in [-0.39, 0.29) is 16.2 Å².